The maximum Gasteiger partial charge on any atom is 0.307 e. The highest BCUT2D eigenvalue weighted by Crippen LogP contribution is 2.39. The van der Waals surface area contributed by atoms with Crippen LogP contribution in [0.4, 0.5) is 0 Å². The number of hydrogen-bond donors (Lipinski definition) is 1. The quantitative estimate of drug-likeness (QED) is 0.847. The third-order valence-electron chi connectivity index (χ3n) is 2.66. The van der Waals surface area contributed by atoms with Crippen LogP contribution in [-0.2, 0) is 9.53 Å². The summed E-state index contributed by atoms with van der Waals surface area (Å²) >= 11 is 6.09. The number of hydrogen-bond acceptors (Lipinski definition) is 5. The summed E-state index contributed by atoms with van der Waals surface area (Å²) < 4.78 is 15.4. The van der Waals surface area contributed by atoms with Crippen molar-refractivity contribution in [2.75, 3.05) is 20.3 Å². The molecule has 0 saturated heterocycles. The Morgan fingerprint density at radius 3 is 2.94 bits per heavy atom. The average molecular weight is 272 g/mol. The average Bonchev–Trinajstić information content (AvgIpc) is 2.38. The Labute approximate surface area is 110 Å². The molecule has 0 radical (unpaired) electrons. The van der Waals surface area contributed by atoms with Crippen molar-refractivity contribution in [3.8, 4) is 11.5 Å². The molecule has 1 aromatic rings. The normalized spacial score (nSPS) is 15.1. The smallest absolute Gasteiger partial charge is 0.307 e. The molecule has 5 nitrogen and oxygen atoms in total. The van der Waals surface area contributed by atoms with Gasteiger partial charge in [0.05, 0.1) is 18.6 Å². The van der Waals surface area contributed by atoms with Crippen molar-refractivity contribution in [2.24, 2.45) is 5.73 Å². The Morgan fingerprint density at radius 1 is 1.50 bits per heavy atom. The highest BCUT2D eigenvalue weighted by atomic mass is 35.5. The van der Waals surface area contributed by atoms with E-state index in [1.165, 1.54) is 7.11 Å². The van der Waals surface area contributed by atoms with Crippen molar-refractivity contribution in [1.29, 1.82) is 0 Å². The van der Waals surface area contributed by atoms with E-state index in [0.717, 1.165) is 5.56 Å². The fourth-order valence-corrected chi connectivity index (χ4v) is 2.00. The number of esters is 1. The zero-order valence-corrected chi connectivity index (χ0v) is 10.7. The van der Waals surface area contributed by atoms with Crippen LogP contribution < -0.4 is 15.2 Å². The molecule has 1 unspecified atom stereocenters. The largest absolute Gasteiger partial charge is 0.486 e. The Bertz CT molecular complexity index is 464. The van der Waals surface area contributed by atoms with Crippen molar-refractivity contribution >= 4 is 17.6 Å². The Balaban J connectivity index is 2.23. The van der Waals surface area contributed by atoms with Crippen molar-refractivity contribution in [3.05, 3.63) is 22.7 Å². The molecule has 0 saturated carbocycles. The molecule has 1 aliphatic heterocycles. The predicted octanol–water partition coefficient (Wildman–Crippen LogP) is 1.67. The van der Waals surface area contributed by atoms with Crippen molar-refractivity contribution < 1.29 is 19.0 Å². The van der Waals surface area contributed by atoms with Gasteiger partial charge in [-0.3, -0.25) is 4.79 Å². The minimum atomic E-state index is -0.481. The van der Waals surface area contributed by atoms with Crippen molar-refractivity contribution in [1.82, 2.24) is 0 Å². The van der Waals surface area contributed by atoms with E-state index in [2.05, 4.69) is 4.74 Å². The van der Waals surface area contributed by atoms with Crippen LogP contribution in [0.1, 0.15) is 18.0 Å². The fourth-order valence-electron chi connectivity index (χ4n) is 1.73. The van der Waals surface area contributed by atoms with Gasteiger partial charge in [-0.1, -0.05) is 11.6 Å². The molecule has 0 spiro atoms. The molecule has 1 aromatic carbocycles. The maximum atomic E-state index is 11.2. The molecular formula is C12H14ClNO4. The standard InChI is InChI=1S/C12H14ClNO4/c1-16-11(15)6-9(14)7-4-8(13)12-10(5-7)17-2-3-18-12/h4-5,9H,2-3,6,14H2,1H3. The van der Waals surface area contributed by atoms with E-state index in [9.17, 15) is 4.79 Å². The first-order valence-electron chi connectivity index (χ1n) is 5.53. The zero-order chi connectivity index (χ0) is 13.1. The van der Waals surface area contributed by atoms with Gasteiger partial charge >= 0.3 is 5.97 Å². The van der Waals surface area contributed by atoms with Gasteiger partial charge in [0.2, 0.25) is 0 Å². The summed E-state index contributed by atoms with van der Waals surface area (Å²) in [6, 6.07) is 2.95. The molecule has 2 N–H and O–H groups in total. The molecular weight excluding hydrogens is 258 g/mol. The van der Waals surface area contributed by atoms with Gasteiger partial charge in [-0.05, 0) is 17.7 Å². The summed E-state index contributed by atoms with van der Waals surface area (Å²) in [4.78, 5) is 11.2. The molecule has 0 fully saturated rings. The Hall–Kier alpha value is -1.46. The van der Waals surface area contributed by atoms with E-state index in [1.807, 2.05) is 0 Å². The first kappa shape index (κ1) is 13.0. The summed E-state index contributed by atoms with van der Waals surface area (Å²) in [7, 11) is 1.33. The topological polar surface area (TPSA) is 70.8 Å². The SMILES string of the molecule is COC(=O)CC(N)c1cc(Cl)c2c(c1)OCCO2. The molecule has 98 valence electrons. The Kier molecular flexibility index (Phi) is 3.93. The second-order valence-corrected chi connectivity index (χ2v) is 4.32. The summed E-state index contributed by atoms with van der Waals surface area (Å²) in [5.41, 5.74) is 6.63. The number of nitrogens with two attached hydrogens (primary N) is 1. The summed E-state index contributed by atoms with van der Waals surface area (Å²) in [5.74, 6) is 0.717. The zero-order valence-electron chi connectivity index (χ0n) is 9.94. The lowest BCUT2D eigenvalue weighted by molar-refractivity contribution is -0.141. The third kappa shape index (κ3) is 2.68. The Morgan fingerprint density at radius 2 is 2.22 bits per heavy atom. The van der Waals surface area contributed by atoms with E-state index in [-0.39, 0.29) is 12.4 Å². The van der Waals surface area contributed by atoms with Crippen molar-refractivity contribution in [2.45, 2.75) is 12.5 Å². The number of halogens is 1. The molecule has 18 heavy (non-hydrogen) atoms. The van der Waals surface area contributed by atoms with Crippen LogP contribution in [0.3, 0.4) is 0 Å². The number of carbonyl (C=O) groups excluding carboxylic acids is 1. The van der Waals surface area contributed by atoms with Crippen LogP contribution in [0.25, 0.3) is 0 Å². The number of carbonyl (C=O) groups is 1. The number of fused-ring (bicyclic) bond motifs is 1. The lowest BCUT2D eigenvalue weighted by Gasteiger charge is -2.21. The molecule has 6 heteroatoms. The van der Waals surface area contributed by atoms with Gasteiger partial charge in [0.15, 0.2) is 11.5 Å². The van der Waals surface area contributed by atoms with E-state index >= 15 is 0 Å². The maximum absolute atomic E-state index is 11.2. The monoisotopic (exact) mass is 271 g/mol. The molecule has 0 bridgehead atoms. The van der Waals surface area contributed by atoms with E-state index < -0.39 is 6.04 Å². The lowest BCUT2D eigenvalue weighted by atomic mass is 10.0. The summed E-state index contributed by atoms with van der Waals surface area (Å²) in [6.45, 7) is 0.944. The van der Waals surface area contributed by atoms with Gasteiger partial charge in [-0.25, -0.2) is 0 Å². The van der Waals surface area contributed by atoms with Gasteiger partial charge < -0.3 is 19.9 Å². The molecule has 0 aromatic heterocycles. The van der Waals surface area contributed by atoms with Crippen LogP contribution in [0.5, 0.6) is 11.5 Å². The van der Waals surface area contributed by atoms with E-state index in [1.54, 1.807) is 12.1 Å². The van der Waals surface area contributed by atoms with Crippen molar-refractivity contribution in [3.63, 3.8) is 0 Å². The van der Waals surface area contributed by atoms with Crippen LogP contribution >= 0.6 is 11.6 Å². The minimum Gasteiger partial charge on any atom is -0.486 e. The molecule has 1 heterocycles. The molecule has 0 amide bonds. The number of methoxy groups -OCH3 is 1. The van der Waals surface area contributed by atoms with E-state index in [0.29, 0.717) is 29.7 Å². The van der Waals surface area contributed by atoms with Gasteiger partial charge in [-0.2, -0.15) is 0 Å². The van der Waals surface area contributed by atoms with Gasteiger partial charge in [0.25, 0.3) is 0 Å². The lowest BCUT2D eigenvalue weighted by Crippen LogP contribution is -2.19. The number of ether oxygens (including phenoxy) is 3. The first-order valence-corrected chi connectivity index (χ1v) is 5.91. The summed E-state index contributed by atoms with van der Waals surface area (Å²) in [5, 5.41) is 0.433. The van der Waals surface area contributed by atoms with Crippen LogP contribution in [0, 0.1) is 0 Å². The second kappa shape index (κ2) is 5.46. The number of rotatable bonds is 3. The molecule has 2 rings (SSSR count). The van der Waals surface area contributed by atoms with Crippen LogP contribution in [-0.4, -0.2) is 26.3 Å². The highest BCUT2D eigenvalue weighted by molar-refractivity contribution is 6.32. The van der Waals surface area contributed by atoms with Gasteiger partial charge in [-0.15, -0.1) is 0 Å². The minimum absolute atomic E-state index is 0.0898. The van der Waals surface area contributed by atoms with Gasteiger partial charge in [0, 0.05) is 6.04 Å². The second-order valence-electron chi connectivity index (χ2n) is 3.91. The molecule has 1 atom stereocenters. The molecule has 1 aliphatic rings. The third-order valence-corrected chi connectivity index (χ3v) is 2.94. The van der Waals surface area contributed by atoms with E-state index in [4.69, 9.17) is 26.8 Å². The van der Waals surface area contributed by atoms with Crippen LogP contribution in [0.2, 0.25) is 5.02 Å². The first-order chi connectivity index (χ1) is 8.61. The predicted molar refractivity (Wildman–Crippen MR) is 66.0 cm³/mol. The fraction of sp³-hybridized carbons (Fsp3) is 0.417. The number of benzene rings is 1. The summed E-state index contributed by atoms with van der Waals surface area (Å²) in [6.07, 6.45) is 0.0898. The highest BCUT2D eigenvalue weighted by Gasteiger charge is 2.20. The molecule has 0 aliphatic carbocycles. The van der Waals surface area contributed by atoms with Crippen LogP contribution in [0.15, 0.2) is 12.1 Å². The van der Waals surface area contributed by atoms with Gasteiger partial charge in [0.1, 0.15) is 13.2 Å².